The fraction of sp³-hybridized carbons (Fsp3) is 0.426. The summed E-state index contributed by atoms with van der Waals surface area (Å²) in [5.41, 5.74) is 8.05. The summed E-state index contributed by atoms with van der Waals surface area (Å²) in [5.74, 6) is 0.322. The van der Waals surface area contributed by atoms with Crippen LogP contribution in [0.25, 0.3) is 11.1 Å². The minimum atomic E-state index is -2.67. The first-order valence-corrected chi connectivity index (χ1v) is 22.1. The summed E-state index contributed by atoms with van der Waals surface area (Å²) >= 11 is 0. The zero-order chi connectivity index (χ0) is 44.2. The highest BCUT2D eigenvalue weighted by Crippen LogP contribution is 2.44. The number of amides is 4. The van der Waals surface area contributed by atoms with Crippen molar-refractivity contribution >= 4 is 35.1 Å². The number of rotatable bonds is 10. The second-order valence-corrected chi connectivity index (χ2v) is 17.5. The maximum absolute atomic E-state index is 14.7. The Morgan fingerprint density at radius 3 is 2.52 bits per heavy atom. The highest BCUT2D eigenvalue weighted by molar-refractivity contribution is 6.05. The Hall–Kier alpha value is -6.49. The van der Waals surface area contributed by atoms with Crippen molar-refractivity contribution in [1.29, 1.82) is 0 Å². The van der Waals surface area contributed by atoms with Gasteiger partial charge in [0.1, 0.15) is 18.4 Å². The predicted molar refractivity (Wildman–Crippen MR) is 231 cm³/mol. The van der Waals surface area contributed by atoms with Crippen LogP contribution in [0.5, 0.6) is 5.75 Å². The van der Waals surface area contributed by atoms with E-state index in [1.807, 2.05) is 35.4 Å². The third kappa shape index (κ3) is 7.79. The van der Waals surface area contributed by atoms with Crippen molar-refractivity contribution in [3.63, 3.8) is 0 Å². The molecule has 1 unspecified atom stereocenters. The Labute approximate surface area is 369 Å². The van der Waals surface area contributed by atoms with Crippen LogP contribution in [0.15, 0.2) is 61.1 Å². The zero-order valence-electron chi connectivity index (χ0n) is 35.9. The molecule has 0 bridgehead atoms. The van der Waals surface area contributed by atoms with Crippen LogP contribution in [-0.4, -0.2) is 95.1 Å². The molecule has 1 N–H and O–H groups in total. The van der Waals surface area contributed by atoms with Crippen LogP contribution in [0, 0.1) is 0 Å². The third-order valence-electron chi connectivity index (χ3n) is 13.5. The number of likely N-dealkylation sites (tertiary alicyclic amines) is 1. The number of fused-ring (bicyclic) bond motifs is 3. The summed E-state index contributed by atoms with van der Waals surface area (Å²) in [4.78, 5) is 62.8. The van der Waals surface area contributed by atoms with Crippen molar-refractivity contribution in [1.82, 2.24) is 44.6 Å². The molecule has 0 aliphatic carbocycles. The van der Waals surface area contributed by atoms with E-state index < -0.39 is 18.4 Å². The monoisotopic (exact) mass is 872 g/mol. The van der Waals surface area contributed by atoms with Crippen LogP contribution < -0.4 is 15.0 Å². The Morgan fingerprint density at radius 1 is 0.938 bits per heavy atom. The fourth-order valence-electron chi connectivity index (χ4n) is 10.1. The van der Waals surface area contributed by atoms with Gasteiger partial charge in [-0.15, -0.1) is 0 Å². The van der Waals surface area contributed by atoms with E-state index in [4.69, 9.17) is 14.8 Å². The Balaban J connectivity index is 0.807. The van der Waals surface area contributed by atoms with E-state index in [2.05, 4.69) is 24.9 Å². The summed E-state index contributed by atoms with van der Waals surface area (Å²) in [5, 5.41) is 11.9. The van der Waals surface area contributed by atoms with Gasteiger partial charge in [0.25, 0.3) is 12.3 Å². The van der Waals surface area contributed by atoms with Gasteiger partial charge in [-0.3, -0.25) is 43.7 Å². The largest absolute Gasteiger partial charge is 0.488 e. The first-order valence-electron chi connectivity index (χ1n) is 22.1. The van der Waals surface area contributed by atoms with Crippen molar-refractivity contribution in [2.75, 3.05) is 31.1 Å². The molecular weight excluding hydrogens is 823 g/mol. The molecule has 2 saturated heterocycles. The van der Waals surface area contributed by atoms with Gasteiger partial charge in [-0.05, 0) is 73.6 Å². The summed E-state index contributed by atoms with van der Waals surface area (Å²) in [7, 11) is 1.78. The number of hydrogen-bond donors (Lipinski definition) is 1. The molecule has 5 aliphatic heterocycles. The molecular formula is C47H50F2N10O5. The maximum Gasteiger partial charge on any atom is 0.264 e. The third-order valence-corrected chi connectivity index (χ3v) is 13.5. The molecule has 2 aromatic carbocycles. The number of hydrogen-bond acceptors (Lipinski definition) is 10. The van der Waals surface area contributed by atoms with Crippen molar-refractivity contribution < 1.29 is 32.7 Å². The molecule has 332 valence electrons. The molecule has 3 aromatic heterocycles. The van der Waals surface area contributed by atoms with E-state index >= 15 is 0 Å². The lowest BCUT2D eigenvalue weighted by Gasteiger charge is -2.34. The summed E-state index contributed by atoms with van der Waals surface area (Å²) in [6.07, 6.45) is 7.07. The smallest absolute Gasteiger partial charge is 0.264 e. The number of imide groups is 1. The minimum absolute atomic E-state index is 0.00380. The molecule has 10 rings (SSSR count). The van der Waals surface area contributed by atoms with E-state index in [0.29, 0.717) is 61.5 Å². The average Bonchev–Trinajstić information content (AvgIpc) is 4.00. The molecule has 4 amide bonds. The van der Waals surface area contributed by atoms with Crippen molar-refractivity contribution in [3.8, 4) is 16.9 Å². The second-order valence-electron chi connectivity index (χ2n) is 17.5. The van der Waals surface area contributed by atoms with E-state index in [9.17, 15) is 28.0 Å². The lowest BCUT2D eigenvalue weighted by Crippen LogP contribution is -2.52. The quantitative estimate of drug-likeness (QED) is 0.171. The number of halogens is 2. The van der Waals surface area contributed by atoms with Gasteiger partial charge >= 0.3 is 0 Å². The molecule has 15 nitrogen and oxygen atoms in total. The first-order chi connectivity index (χ1) is 31.0. The van der Waals surface area contributed by atoms with Crippen LogP contribution in [0.2, 0.25) is 0 Å². The number of anilines is 2. The standard InChI is InChI=1S/C47H50F2N10O5/c1-28(60)56-18-14-39-38(25-56)45(57-15-4-5-30-19-35(31-22-51-54(2)23-31)36(44(48)49)20-41(30)57)53-59(39)33-12-16-55(17-13-33)24-32-9-8-29(21-50-32)27-64-42-7-3-6-34-37(42)26-58(47(34)63)40-10-11-43(61)52-46(40)62/h3,6-9,19-23,33,40,44H,4-5,10-18,24-27H2,1-2H3,(H,52,61,62). The summed E-state index contributed by atoms with van der Waals surface area (Å²) < 4.78 is 39.5. The van der Waals surface area contributed by atoms with Gasteiger partial charge in [-0.25, -0.2) is 8.78 Å². The first kappa shape index (κ1) is 41.5. The van der Waals surface area contributed by atoms with Gasteiger partial charge in [0.2, 0.25) is 17.7 Å². The van der Waals surface area contributed by atoms with Gasteiger partial charge in [0.05, 0.1) is 31.0 Å². The van der Waals surface area contributed by atoms with E-state index in [1.165, 1.54) is 4.90 Å². The molecule has 0 saturated carbocycles. The van der Waals surface area contributed by atoms with E-state index in [-0.39, 0.29) is 48.9 Å². The topological polar surface area (TPSA) is 151 Å². The lowest BCUT2D eigenvalue weighted by molar-refractivity contribution is -0.137. The Morgan fingerprint density at radius 2 is 1.78 bits per heavy atom. The lowest BCUT2D eigenvalue weighted by atomic mass is 9.92. The molecule has 17 heteroatoms. The number of aromatic nitrogens is 5. The van der Waals surface area contributed by atoms with Crippen LogP contribution >= 0.6 is 0 Å². The number of nitrogens with zero attached hydrogens (tertiary/aromatic N) is 9. The predicted octanol–water partition coefficient (Wildman–Crippen LogP) is 5.78. The molecule has 5 aliphatic rings. The molecule has 1 atom stereocenters. The molecule has 5 aromatic rings. The molecule has 0 radical (unpaired) electrons. The van der Waals surface area contributed by atoms with Crippen LogP contribution in [0.1, 0.15) is 101 Å². The van der Waals surface area contributed by atoms with Gasteiger partial charge in [-0.1, -0.05) is 12.1 Å². The number of piperidine rings is 2. The summed E-state index contributed by atoms with van der Waals surface area (Å²) in [6.45, 7) is 6.14. The van der Waals surface area contributed by atoms with Crippen LogP contribution in [0.4, 0.5) is 20.3 Å². The van der Waals surface area contributed by atoms with Gasteiger partial charge in [-0.2, -0.15) is 10.2 Å². The SMILES string of the molecule is CC(=O)N1CCc2c(c(N3CCCc4cc(-c5cnn(C)c5)c(C(F)F)cc43)nn2C2CCN(Cc3ccc(COc4cccc5c4CN(C4CCC(=O)NC4=O)C5=O)cn3)CC2)C1. The Bertz CT molecular complexity index is 2650. The zero-order valence-corrected chi connectivity index (χ0v) is 35.9. The molecule has 0 spiro atoms. The summed E-state index contributed by atoms with van der Waals surface area (Å²) in [6, 6.07) is 12.3. The van der Waals surface area contributed by atoms with Gasteiger partial charge in [0.15, 0.2) is 5.82 Å². The fourth-order valence-corrected chi connectivity index (χ4v) is 10.1. The number of nitrogens with one attached hydrogen (secondary N) is 1. The van der Waals surface area contributed by atoms with Gasteiger partial charge < -0.3 is 19.4 Å². The number of benzene rings is 2. The van der Waals surface area contributed by atoms with Crippen LogP contribution in [-0.2, 0) is 60.5 Å². The normalized spacial score (nSPS) is 19.2. The molecule has 64 heavy (non-hydrogen) atoms. The minimum Gasteiger partial charge on any atom is -0.488 e. The number of pyridine rings is 1. The number of carbonyl (C=O) groups is 4. The van der Waals surface area contributed by atoms with Crippen molar-refractivity contribution in [2.45, 2.75) is 96.6 Å². The highest BCUT2D eigenvalue weighted by atomic mass is 19.3. The van der Waals surface area contributed by atoms with Crippen molar-refractivity contribution in [2.24, 2.45) is 7.05 Å². The van der Waals surface area contributed by atoms with E-state index in [1.54, 1.807) is 49.2 Å². The molecule has 2 fully saturated rings. The van der Waals surface area contributed by atoms with Crippen molar-refractivity contribution in [3.05, 3.63) is 106 Å². The number of ether oxygens (including phenoxy) is 1. The highest BCUT2D eigenvalue weighted by Gasteiger charge is 2.40. The Kier molecular flexibility index (Phi) is 11.0. The number of carbonyl (C=O) groups excluding carboxylic acids is 4. The van der Waals surface area contributed by atoms with Crippen LogP contribution in [0.3, 0.4) is 0 Å². The average molecular weight is 873 g/mol. The van der Waals surface area contributed by atoms with E-state index in [0.717, 1.165) is 83.9 Å². The number of aryl methyl sites for hydroxylation is 2. The number of alkyl halides is 2. The maximum atomic E-state index is 14.7. The molecule has 8 heterocycles. The van der Waals surface area contributed by atoms with Gasteiger partial charge in [0, 0.05) is 117 Å². The second kappa shape index (κ2) is 16.9.